The Morgan fingerprint density at radius 1 is 1.21 bits per heavy atom. The first-order valence-corrected chi connectivity index (χ1v) is 10.8. The highest BCUT2D eigenvalue weighted by atomic mass is 35.5. The lowest BCUT2D eigenvalue weighted by molar-refractivity contribution is 0.143. The van der Waals surface area contributed by atoms with Gasteiger partial charge >= 0.3 is 6.09 Å². The molecule has 1 aliphatic rings. The quantitative estimate of drug-likeness (QED) is 0.471. The summed E-state index contributed by atoms with van der Waals surface area (Å²) in [4.78, 5) is 29.8. The summed E-state index contributed by atoms with van der Waals surface area (Å²) in [6.45, 7) is 1.00. The Morgan fingerprint density at radius 3 is 2.85 bits per heavy atom. The number of fused-ring (bicyclic) bond motifs is 3. The summed E-state index contributed by atoms with van der Waals surface area (Å²) < 4.78 is 13.2. The molecule has 0 atom stereocenters. The van der Waals surface area contributed by atoms with Gasteiger partial charge in [0.25, 0.3) is 5.56 Å². The van der Waals surface area contributed by atoms with Gasteiger partial charge in [0, 0.05) is 48.4 Å². The van der Waals surface area contributed by atoms with Gasteiger partial charge in [0.15, 0.2) is 0 Å². The lowest BCUT2D eigenvalue weighted by Gasteiger charge is -2.15. The van der Waals surface area contributed by atoms with Crippen LogP contribution in [0, 0.1) is 0 Å². The van der Waals surface area contributed by atoms with Crippen molar-refractivity contribution in [3.05, 3.63) is 87.3 Å². The maximum Gasteiger partial charge on any atom is 0.407 e. The van der Waals surface area contributed by atoms with Crippen LogP contribution in [0.4, 0.5) is 4.79 Å². The van der Waals surface area contributed by atoms with Crippen molar-refractivity contribution in [2.45, 2.75) is 26.0 Å². The number of carbonyl (C=O) groups is 1. The predicted molar refractivity (Wildman–Crippen MR) is 122 cm³/mol. The fourth-order valence-electron chi connectivity index (χ4n) is 3.99. The third kappa shape index (κ3) is 4.29. The number of nitrogens with zero attached hydrogens (tertiary/aromatic N) is 3. The van der Waals surface area contributed by atoms with Crippen molar-refractivity contribution >= 4 is 28.7 Å². The average molecular weight is 466 g/mol. The molecule has 168 valence electrons. The lowest BCUT2D eigenvalue weighted by atomic mass is 10.1. The van der Waals surface area contributed by atoms with Gasteiger partial charge in [-0.25, -0.2) is 4.79 Å². The summed E-state index contributed by atoms with van der Waals surface area (Å²) in [6.07, 6.45) is 3.64. The van der Waals surface area contributed by atoms with E-state index in [1.165, 1.54) is 15.5 Å². The maximum absolute atomic E-state index is 12.7. The van der Waals surface area contributed by atoms with Crippen molar-refractivity contribution in [1.82, 2.24) is 14.5 Å². The van der Waals surface area contributed by atoms with E-state index < -0.39 is 6.09 Å². The molecule has 3 aromatic heterocycles. The molecule has 0 bridgehead atoms. The van der Waals surface area contributed by atoms with Gasteiger partial charge in [-0.2, -0.15) is 0 Å². The minimum Gasteiger partial charge on any atom is -0.487 e. The highest BCUT2D eigenvalue weighted by molar-refractivity contribution is 6.30. The second-order valence-electron chi connectivity index (χ2n) is 7.82. The minimum absolute atomic E-state index is 0.220. The fourth-order valence-corrected chi connectivity index (χ4v) is 4.10. The first-order chi connectivity index (χ1) is 16.0. The largest absolute Gasteiger partial charge is 0.487 e. The maximum atomic E-state index is 12.7. The third-order valence-electron chi connectivity index (χ3n) is 5.66. The van der Waals surface area contributed by atoms with E-state index in [1.54, 1.807) is 36.7 Å². The first-order valence-electron chi connectivity index (χ1n) is 10.5. The molecule has 0 fully saturated rings. The van der Waals surface area contributed by atoms with Crippen LogP contribution in [0.5, 0.6) is 5.75 Å². The molecule has 4 aromatic rings. The van der Waals surface area contributed by atoms with Crippen LogP contribution in [0.3, 0.4) is 0 Å². The summed E-state index contributed by atoms with van der Waals surface area (Å²) in [7, 11) is 0. The number of rotatable bonds is 4. The predicted octanol–water partition coefficient (Wildman–Crippen LogP) is 4.64. The number of halogens is 1. The van der Waals surface area contributed by atoms with E-state index in [9.17, 15) is 14.7 Å². The van der Waals surface area contributed by atoms with Gasteiger partial charge in [-0.3, -0.25) is 14.3 Å². The third-order valence-corrected chi connectivity index (χ3v) is 5.88. The van der Waals surface area contributed by atoms with Crippen molar-refractivity contribution in [3.8, 4) is 11.4 Å². The average Bonchev–Trinajstić information content (AvgIpc) is 2.99. The van der Waals surface area contributed by atoms with E-state index in [2.05, 4.69) is 4.98 Å². The number of furan rings is 1. The Kier molecular flexibility index (Phi) is 5.51. The number of aryl methyl sites for hydroxylation is 1. The molecule has 0 aliphatic carbocycles. The normalized spacial score (nSPS) is 13.5. The summed E-state index contributed by atoms with van der Waals surface area (Å²) in [5.74, 6) is 1.24. The van der Waals surface area contributed by atoms with Crippen LogP contribution in [0.1, 0.15) is 23.4 Å². The highest BCUT2D eigenvalue weighted by Gasteiger charge is 2.23. The molecule has 1 amide bonds. The Hall–Kier alpha value is -3.78. The zero-order chi connectivity index (χ0) is 22.9. The van der Waals surface area contributed by atoms with E-state index in [0.717, 1.165) is 16.7 Å². The van der Waals surface area contributed by atoms with Gasteiger partial charge < -0.3 is 19.2 Å². The number of hydrogen-bond donors (Lipinski definition) is 1. The minimum atomic E-state index is -0.936. The topological polar surface area (TPSA) is 97.8 Å². The number of benzene rings is 1. The molecule has 0 spiro atoms. The summed E-state index contributed by atoms with van der Waals surface area (Å²) >= 11 is 5.84. The van der Waals surface area contributed by atoms with E-state index in [1.807, 2.05) is 12.1 Å². The molecule has 0 radical (unpaired) electrons. The molecule has 0 saturated heterocycles. The first kappa shape index (κ1) is 21.1. The van der Waals surface area contributed by atoms with Gasteiger partial charge in [0.05, 0.1) is 22.9 Å². The number of pyridine rings is 2. The van der Waals surface area contributed by atoms with Crippen molar-refractivity contribution in [3.63, 3.8) is 0 Å². The second kappa shape index (κ2) is 8.63. The Balaban J connectivity index is 1.39. The van der Waals surface area contributed by atoms with Gasteiger partial charge in [-0.15, -0.1) is 0 Å². The number of aromatic nitrogens is 2. The molecule has 1 aromatic carbocycles. The zero-order valence-electron chi connectivity index (χ0n) is 17.5. The summed E-state index contributed by atoms with van der Waals surface area (Å²) in [5.41, 5.74) is 2.63. The Labute approximate surface area is 193 Å². The van der Waals surface area contributed by atoms with Crippen LogP contribution in [0.15, 0.2) is 64.1 Å². The molecule has 0 unspecified atom stereocenters. The molecule has 8 nitrogen and oxygen atoms in total. The zero-order valence-corrected chi connectivity index (χ0v) is 18.3. The van der Waals surface area contributed by atoms with Crippen molar-refractivity contribution in [2.75, 3.05) is 6.54 Å². The van der Waals surface area contributed by atoms with E-state index in [0.29, 0.717) is 53.7 Å². The number of hydrogen-bond acceptors (Lipinski definition) is 5. The smallest absolute Gasteiger partial charge is 0.407 e. The molecular weight excluding hydrogens is 446 g/mol. The Morgan fingerprint density at radius 2 is 2.09 bits per heavy atom. The monoisotopic (exact) mass is 465 g/mol. The molecule has 1 aliphatic heterocycles. The van der Waals surface area contributed by atoms with E-state index in [-0.39, 0.29) is 12.2 Å². The van der Waals surface area contributed by atoms with Crippen LogP contribution >= 0.6 is 11.6 Å². The van der Waals surface area contributed by atoms with Crippen LogP contribution in [-0.4, -0.2) is 32.2 Å². The standard InChI is InChI=1S/C24H20ClN3O5/c25-15-3-4-16(26-12-15)14-32-18-7-9-28(23(29)11-18)17-5-6-19-20-13-27(24(30)31)8-1-2-21(20)33-22(19)10-17/h3-7,9-12H,1-2,8,13-14H2,(H,30,31). The van der Waals surface area contributed by atoms with Crippen molar-refractivity contribution in [1.29, 1.82) is 0 Å². The van der Waals surface area contributed by atoms with Crippen molar-refractivity contribution < 1.29 is 19.1 Å². The summed E-state index contributed by atoms with van der Waals surface area (Å²) in [6, 6.07) is 12.1. The SMILES string of the molecule is O=C(O)N1CCCc2oc3cc(-n4ccc(OCc5ccc(Cl)cn5)cc4=O)ccc3c2C1. The second-order valence-corrected chi connectivity index (χ2v) is 8.26. The van der Waals surface area contributed by atoms with Gasteiger partial charge in [-0.05, 0) is 36.8 Å². The van der Waals surface area contributed by atoms with Crippen LogP contribution in [0.2, 0.25) is 5.02 Å². The molecule has 4 heterocycles. The van der Waals surface area contributed by atoms with Crippen LogP contribution in [-0.2, 0) is 19.6 Å². The lowest BCUT2D eigenvalue weighted by Crippen LogP contribution is -2.28. The number of carboxylic acid groups (broad SMARTS) is 1. The van der Waals surface area contributed by atoms with E-state index in [4.69, 9.17) is 20.8 Å². The molecule has 1 N–H and O–H groups in total. The molecule has 33 heavy (non-hydrogen) atoms. The van der Waals surface area contributed by atoms with Crippen LogP contribution in [0.25, 0.3) is 16.7 Å². The number of amides is 1. The van der Waals surface area contributed by atoms with Crippen LogP contribution < -0.4 is 10.3 Å². The summed E-state index contributed by atoms with van der Waals surface area (Å²) in [5, 5.41) is 10.8. The van der Waals surface area contributed by atoms with Gasteiger partial charge in [-0.1, -0.05) is 11.6 Å². The molecule has 9 heteroatoms. The van der Waals surface area contributed by atoms with Gasteiger partial charge in [0.1, 0.15) is 23.7 Å². The van der Waals surface area contributed by atoms with E-state index >= 15 is 0 Å². The van der Waals surface area contributed by atoms with Gasteiger partial charge in [0.2, 0.25) is 0 Å². The fraction of sp³-hybridized carbons (Fsp3) is 0.208. The molecular formula is C24H20ClN3O5. The molecule has 5 rings (SSSR count). The van der Waals surface area contributed by atoms with Crippen molar-refractivity contribution in [2.24, 2.45) is 0 Å². The number of ether oxygens (including phenoxy) is 1. The highest BCUT2D eigenvalue weighted by Crippen LogP contribution is 2.31. The Bertz CT molecular complexity index is 1390. The molecule has 0 saturated carbocycles.